The highest BCUT2D eigenvalue weighted by Crippen LogP contribution is 2.12. The molecule has 1 aromatic heterocycles. The maximum atomic E-state index is 13.0. The van der Waals surface area contributed by atoms with Crippen LogP contribution in [0.2, 0.25) is 0 Å². The van der Waals surface area contributed by atoms with Gasteiger partial charge in [0.05, 0.1) is 17.4 Å². The number of hydrogen-bond donors (Lipinski definition) is 1. The maximum Gasteiger partial charge on any atom is 0.240 e. The van der Waals surface area contributed by atoms with E-state index in [0.717, 1.165) is 11.6 Å². The van der Waals surface area contributed by atoms with E-state index in [-0.39, 0.29) is 10.9 Å². The van der Waals surface area contributed by atoms with Crippen molar-refractivity contribution in [3.05, 3.63) is 54.2 Å². The smallest absolute Gasteiger partial charge is 0.240 e. The summed E-state index contributed by atoms with van der Waals surface area (Å²) in [6, 6.07) is 6.37. The molecule has 2 rings (SSSR count). The highest BCUT2D eigenvalue weighted by Gasteiger charge is 2.18. The van der Waals surface area contributed by atoms with Crippen LogP contribution in [0.1, 0.15) is 12.5 Å². The minimum absolute atomic E-state index is 0.0773. The SMILES string of the molecule is C[C@@H](Cc1ccoc1)NS(=O)(=O)c1cccc(F)c1. The third-order valence-corrected chi connectivity index (χ3v) is 4.17. The minimum atomic E-state index is -3.71. The fourth-order valence-corrected chi connectivity index (χ4v) is 3.05. The molecule has 0 unspecified atom stereocenters. The van der Waals surface area contributed by atoms with Gasteiger partial charge >= 0.3 is 0 Å². The zero-order valence-corrected chi connectivity index (χ0v) is 11.2. The van der Waals surface area contributed by atoms with E-state index in [9.17, 15) is 12.8 Å². The van der Waals surface area contributed by atoms with Gasteiger partial charge in [0.1, 0.15) is 5.82 Å². The van der Waals surface area contributed by atoms with Crippen molar-refractivity contribution in [1.29, 1.82) is 0 Å². The molecule has 0 fully saturated rings. The highest BCUT2D eigenvalue weighted by molar-refractivity contribution is 7.89. The molecule has 0 radical (unpaired) electrons. The molecule has 0 amide bonds. The van der Waals surface area contributed by atoms with Crippen LogP contribution >= 0.6 is 0 Å². The van der Waals surface area contributed by atoms with E-state index in [4.69, 9.17) is 4.42 Å². The summed E-state index contributed by atoms with van der Waals surface area (Å²) in [6.45, 7) is 1.74. The summed E-state index contributed by atoms with van der Waals surface area (Å²) in [5, 5.41) is 0. The minimum Gasteiger partial charge on any atom is -0.472 e. The van der Waals surface area contributed by atoms with Gasteiger partial charge in [-0.15, -0.1) is 0 Å². The molecule has 0 saturated carbocycles. The van der Waals surface area contributed by atoms with E-state index < -0.39 is 15.8 Å². The Hall–Kier alpha value is -1.66. The van der Waals surface area contributed by atoms with Gasteiger partial charge in [-0.05, 0) is 43.2 Å². The molecule has 0 aliphatic carbocycles. The van der Waals surface area contributed by atoms with E-state index in [2.05, 4.69) is 4.72 Å². The molecular weight excluding hydrogens is 269 g/mol. The first-order valence-electron chi connectivity index (χ1n) is 5.76. The molecule has 0 aliphatic heterocycles. The molecule has 0 spiro atoms. The molecule has 0 aliphatic rings. The Labute approximate surface area is 111 Å². The molecule has 0 saturated heterocycles. The van der Waals surface area contributed by atoms with E-state index in [1.165, 1.54) is 24.5 Å². The molecule has 2 aromatic rings. The molecule has 6 heteroatoms. The predicted molar refractivity (Wildman–Crippen MR) is 68.6 cm³/mol. The quantitative estimate of drug-likeness (QED) is 0.916. The zero-order chi connectivity index (χ0) is 13.9. The Balaban J connectivity index is 2.09. The van der Waals surface area contributed by atoms with Crippen LogP contribution in [0.15, 0.2) is 52.2 Å². The molecule has 0 bridgehead atoms. The van der Waals surface area contributed by atoms with Gasteiger partial charge in [-0.25, -0.2) is 17.5 Å². The normalized spacial score (nSPS) is 13.4. The Morgan fingerprint density at radius 3 is 2.79 bits per heavy atom. The van der Waals surface area contributed by atoms with Crippen LogP contribution in [0.25, 0.3) is 0 Å². The van der Waals surface area contributed by atoms with Crippen LogP contribution < -0.4 is 4.72 Å². The van der Waals surface area contributed by atoms with Crippen LogP contribution in [0.5, 0.6) is 0 Å². The van der Waals surface area contributed by atoms with Crippen molar-refractivity contribution in [1.82, 2.24) is 4.72 Å². The molecule has 1 aromatic carbocycles. The lowest BCUT2D eigenvalue weighted by atomic mass is 10.1. The van der Waals surface area contributed by atoms with Crippen molar-refractivity contribution in [3.8, 4) is 0 Å². The molecule has 1 N–H and O–H groups in total. The predicted octanol–water partition coefficient (Wildman–Crippen LogP) is 2.33. The van der Waals surface area contributed by atoms with Gasteiger partial charge in [-0.3, -0.25) is 0 Å². The highest BCUT2D eigenvalue weighted by atomic mass is 32.2. The van der Waals surface area contributed by atoms with Crippen molar-refractivity contribution in [3.63, 3.8) is 0 Å². The summed E-state index contributed by atoms with van der Waals surface area (Å²) < 4.78 is 44.5. The third kappa shape index (κ3) is 3.65. The Kier molecular flexibility index (Phi) is 4.01. The summed E-state index contributed by atoms with van der Waals surface area (Å²) in [6.07, 6.45) is 3.60. The fraction of sp³-hybridized carbons (Fsp3) is 0.231. The van der Waals surface area contributed by atoms with Crippen molar-refractivity contribution in [2.24, 2.45) is 0 Å². The number of halogens is 1. The topological polar surface area (TPSA) is 59.3 Å². The van der Waals surface area contributed by atoms with Gasteiger partial charge < -0.3 is 4.42 Å². The number of furan rings is 1. The van der Waals surface area contributed by atoms with Gasteiger partial charge in [0, 0.05) is 6.04 Å². The Morgan fingerprint density at radius 1 is 1.37 bits per heavy atom. The monoisotopic (exact) mass is 283 g/mol. The second-order valence-corrected chi connectivity index (χ2v) is 6.03. The van der Waals surface area contributed by atoms with E-state index in [1.54, 1.807) is 19.3 Å². The van der Waals surface area contributed by atoms with Gasteiger partial charge in [0.2, 0.25) is 10.0 Å². The number of benzene rings is 1. The van der Waals surface area contributed by atoms with Crippen LogP contribution in [-0.4, -0.2) is 14.5 Å². The number of nitrogens with one attached hydrogen (secondary N) is 1. The average molecular weight is 283 g/mol. The summed E-state index contributed by atoms with van der Waals surface area (Å²) in [4.78, 5) is -0.0773. The first kappa shape index (κ1) is 13.8. The van der Waals surface area contributed by atoms with Crippen LogP contribution in [-0.2, 0) is 16.4 Å². The molecule has 1 atom stereocenters. The van der Waals surface area contributed by atoms with Gasteiger partial charge in [-0.2, -0.15) is 0 Å². The van der Waals surface area contributed by atoms with Crippen LogP contribution in [0.3, 0.4) is 0 Å². The first-order chi connectivity index (χ1) is 8.97. The van der Waals surface area contributed by atoms with Crippen molar-refractivity contribution in [2.45, 2.75) is 24.3 Å². The zero-order valence-electron chi connectivity index (χ0n) is 10.3. The lowest BCUT2D eigenvalue weighted by Gasteiger charge is -2.13. The molecule has 19 heavy (non-hydrogen) atoms. The van der Waals surface area contributed by atoms with Gasteiger partial charge in [0.25, 0.3) is 0 Å². The number of sulfonamides is 1. The van der Waals surface area contributed by atoms with E-state index in [1.807, 2.05) is 0 Å². The standard InChI is InChI=1S/C13H14FNO3S/c1-10(7-11-5-6-18-9-11)15-19(16,17)13-4-2-3-12(14)8-13/h2-6,8-10,15H,7H2,1H3/t10-/m0/s1. The van der Waals surface area contributed by atoms with Crippen LogP contribution in [0, 0.1) is 5.82 Å². The van der Waals surface area contributed by atoms with Crippen molar-refractivity contribution < 1.29 is 17.2 Å². The van der Waals surface area contributed by atoms with Crippen molar-refractivity contribution in [2.75, 3.05) is 0 Å². The molecule has 4 nitrogen and oxygen atoms in total. The largest absolute Gasteiger partial charge is 0.472 e. The van der Waals surface area contributed by atoms with Crippen LogP contribution in [0.4, 0.5) is 4.39 Å². The molecular formula is C13H14FNO3S. The number of rotatable bonds is 5. The second kappa shape index (κ2) is 5.54. The van der Waals surface area contributed by atoms with Gasteiger partial charge in [0.15, 0.2) is 0 Å². The second-order valence-electron chi connectivity index (χ2n) is 4.32. The molecule has 1 heterocycles. The maximum absolute atomic E-state index is 13.0. The lowest BCUT2D eigenvalue weighted by Crippen LogP contribution is -2.34. The Morgan fingerprint density at radius 2 is 2.16 bits per heavy atom. The lowest BCUT2D eigenvalue weighted by molar-refractivity contribution is 0.548. The average Bonchev–Trinajstić information content (AvgIpc) is 2.81. The Bertz CT molecular complexity index is 638. The number of hydrogen-bond acceptors (Lipinski definition) is 3. The molecule has 102 valence electrons. The summed E-state index contributed by atoms with van der Waals surface area (Å²) in [5.74, 6) is -0.578. The summed E-state index contributed by atoms with van der Waals surface area (Å²) in [5.41, 5.74) is 0.898. The van der Waals surface area contributed by atoms with E-state index in [0.29, 0.717) is 6.42 Å². The first-order valence-corrected chi connectivity index (χ1v) is 7.25. The summed E-state index contributed by atoms with van der Waals surface area (Å²) >= 11 is 0. The summed E-state index contributed by atoms with van der Waals surface area (Å²) in [7, 11) is -3.71. The van der Waals surface area contributed by atoms with Gasteiger partial charge in [-0.1, -0.05) is 6.07 Å². The third-order valence-electron chi connectivity index (χ3n) is 2.58. The fourth-order valence-electron chi connectivity index (χ4n) is 1.77. The van der Waals surface area contributed by atoms with E-state index >= 15 is 0 Å². The van der Waals surface area contributed by atoms with Crippen molar-refractivity contribution >= 4 is 10.0 Å².